The largest absolute Gasteiger partial charge is 0.480 e. The number of benzene rings is 2. The fourth-order valence-corrected chi connectivity index (χ4v) is 1.67. The number of non-ortho nitro benzene ring substituents is 2. The second-order valence-electron chi connectivity index (χ2n) is 4.50. The number of carbonyl (C=O) groups excluding carboxylic acids is 1. The normalized spacial score (nSPS) is 9.28. The number of amides is 1. The predicted molar refractivity (Wildman–Crippen MR) is 87.2 cm³/mol. The number of hydrogen-bond donors (Lipinski definition) is 1. The summed E-state index contributed by atoms with van der Waals surface area (Å²) in [6.07, 6.45) is 0.503. The number of para-hydroxylation sites is 1. The van der Waals surface area contributed by atoms with Gasteiger partial charge in [0.15, 0.2) is 0 Å². The van der Waals surface area contributed by atoms with E-state index in [2.05, 4.69) is 0 Å². The van der Waals surface area contributed by atoms with E-state index in [9.17, 15) is 29.8 Å². The van der Waals surface area contributed by atoms with E-state index in [-0.39, 0.29) is 17.9 Å². The number of rotatable bonds is 6. The number of anilines is 1. The summed E-state index contributed by atoms with van der Waals surface area (Å²) in [5.74, 6) is -1.03. The molecule has 0 unspecified atom stereocenters. The van der Waals surface area contributed by atoms with E-state index < -0.39 is 15.8 Å². The first-order valence-corrected chi connectivity index (χ1v) is 6.72. The SMILES string of the molecule is O=CN(CC(=O)O)c1ccccc1.O=[N+]([O-])c1cccc([N+](=O)[O-])c1. The molecule has 0 bridgehead atoms. The van der Waals surface area contributed by atoms with Gasteiger partial charge in [0, 0.05) is 17.8 Å². The Balaban J connectivity index is 0.000000251. The van der Waals surface area contributed by atoms with Crippen LogP contribution >= 0.6 is 0 Å². The number of nitrogens with zero attached hydrogens (tertiary/aromatic N) is 3. The molecule has 2 aromatic carbocycles. The number of aliphatic carboxylic acids is 1. The second-order valence-corrected chi connectivity index (χ2v) is 4.50. The summed E-state index contributed by atoms with van der Waals surface area (Å²) in [7, 11) is 0. The minimum Gasteiger partial charge on any atom is -0.480 e. The van der Waals surface area contributed by atoms with E-state index in [0.717, 1.165) is 11.0 Å². The first kappa shape index (κ1) is 19.2. The van der Waals surface area contributed by atoms with Crippen LogP contribution < -0.4 is 4.90 Å². The van der Waals surface area contributed by atoms with E-state index >= 15 is 0 Å². The molecule has 0 fully saturated rings. The van der Waals surface area contributed by atoms with Gasteiger partial charge in [0.05, 0.1) is 15.9 Å². The molecule has 0 saturated heterocycles. The minimum absolute atomic E-state index is 0.274. The molecular weight excluding hydrogens is 334 g/mol. The molecule has 0 saturated carbocycles. The van der Waals surface area contributed by atoms with Crippen molar-refractivity contribution in [2.24, 2.45) is 0 Å². The molecule has 0 atom stereocenters. The van der Waals surface area contributed by atoms with Crippen molar-refractivity contribution in [2.75, 3.05) is 11.4 Å². The van der Waals surface area contributed by atoms with Crippen molar-refractivity contribution in [1.29, 1.82) is 0 Å². The molecule has 0 aromatic heterocycles. The van der Waals surface area contributed by atoms with Gasteiger partial charge in [-0.2, -0.15) is 0 Å². The van der Waals surface area contributed by atoms with E-state index in [0.29, 0.717) is 12.1 Å². The molecule has 25 heavy (non-hydrogen) atoms. The number of hydrogen-bond acceptors (Lipinski definition) is 6. The third-order valence-corrected chi connectivity index (χ3v) is 2.77. The third-order valence-electron chi connectivity index (χ3n) is 2.77. The summed E-state index contributed by atoms with van der Waals surface area (Å²) in [6, 6.07) is 13.2. The fraction of sp³-hybridized carbons (Fsp3) is 0.0667. The number of carboxylic acids is 1. The van der Waals surface area contributed by atoms with E-state index in [1.165, 1.54) is 18.2 Å². The van der Waals surface area contributed by atoms with Crippen LogP contribution in [0, 0.1) is 20.2 Å². The summed E-state index contributed by atoms with van der Waals surface area (Å²) >= 11 is 0. The average molecular weight is 347 g/mol. The highest BCUT2D eigenvalue weighted by atomic mass is 16.6. The molecule has 10 heteroatoms. The van der Waals surface area contributed by atoms with Gasteiger partial charge in [0.2, 0.25) is 6.41 Å². The first-order valence-electron chi connectivity index (χ1n) is 6.72. The summed E-state index contributed by atoms with van der Waals surface area (Å²) in [5, 5.41) is 28.8. The fourth-order valence-electron chi connectivity index (χ4n) is 1.67. The molecule has 0 radical (unpaired) electrons. The maximum Gasteiger partial charge on any atom is 0.323 e. The molecule has 2 rings (SSSR count). The van der Waals surface area contributed by atoms with Crippen LogP contribution in [0.2, 0.25) is 0 Å². The lowest BCUT2D eigenvalue weighted by molar-refractivity contribution is -0.394. The summed E-state index contributed by atoms with van der Waals surface area (Å²) < 4.78 is 0. The number of carbonyl (C=O) groups is 2. The average Bonchev–Trinajstić information content (AvgIpc) is 2.61. The molecular formula is C15H13N3O7. The van der Waals surface area contributed by atoms with Gasteiger partial charge in [-0.05, 0) is 18.2 Å². The minimum atomic E-state index is -1.03. The van der Waals surface area contributed by atoms with Crippen molar-refractivity contribution in [3.8, 4) is 0 Å². The Hall–Kier alpha value is -3.82. The van der Waals surface area contributed by atoms with Crippen LogP contribution in [-0.4, -0.2) is 33.9 Å². The molecule has 2 aromatic rings. The molecule has 0 heterocycles. The zero-order valence-electron chi connectivity index (χ0n) is 12.7. The lowest BCUT2D eigenvalue weighted by Crippen LogP contribution is -2.27. The van der Waals surface area contributed by atoms with E-state index in [1.807, 2.05) is 0 Å². The van der Waals surface area contributed by atoms with Gasteiger partial charge in [-0.1, -0.05) is 18.2 Å². The predicted octanol–water partition coefficient (Wildman–Crippen LogP) is 2.24. The van der Waals surface area contributed by atoms with Gasteiger partial charge >= 0.3 is 5.97 Å². The maximum absolute atomic E-state index is 10.5. The van der Waals surface area contributed by atoms with Crippen LogP contribution in [-0.2, 0) is 9.59 Å². The second kappa shape index (κ2) is 9.35. The van der Waals surface area contributed by atoms with Gasteiger partial charge in [-0.15, -0.1) is 0 Å². The lowest BCUT2D eigenvalue weighted by atomic mass is 10.3. The number of nitro benzene ring substituents is 2. The quantitative estimate of drug-likeness (QED) is 0.479. The Morgan fingerprint density at radius 2 is 1.52 bits per heavy atom. The summed E-state index contributed by atoms with van der Waals surface area (Å²) in [4.78, 5) is 40.9. The molecule has 1 N–H and O–H groups in total. The van der Waals surface area contributed by atoms with Crippen molar-refractivity contribution in [2.45, 2.75) is 0 Å². The molecule has 0 spiro atoms. The standard InChI is InChI=1S/C9H9NO3.C6H4N2O4/c11-7-10(6-9(12)13)8-4-2-1-3-5-8;9-7(10)5-2-1-3-6(4-5)8(11)12/h1-5,7H,6H2,(H,12,13);1-4H. The van der Waals surface area contributed by atoms with Crippen LogP contribution in [0.3, 0.4) is 0 Å². The topological polar surface area (TPSA) is 144 Å². The van der Waals surface area contributed by atoms with Crippen molar-refractivity contribution in [1.82, 2.24) is 0 Å². The number of nitro groups is 2. The van der Waals surface area contributed by atoms with Crippen LogP contribution in [0.4, 0.5) is 17.1 Å². The highest BCUT2D eigenvalue weighted by Gasteiger charge is 2.11. The number of carboxylic acid groups (broad SMARTS) is 1. The molecule has 1 amide bonds. The zero-order chi connectivity index (χ0) is 18.8. The molecule has 10 nitrogen and oxygen atoms in total. The van der Waals surface area contributed by atoms with Crippen LogP contribution in [0.1, 0.15) is 0 Å². The molecule has 130 valence electrons. The zero-order valence-corrected chi connectivity index (χ0v) is 12.7. The monoisotopic (exact) mass is 347 g/mol. The van der Waals surface area contributed by atoms with Crippen LogP contribution in [0.5, 0.6) is 0 Å². The van der Waals surface area contributed by atoms with Gasteiger partial charge in [-0.3, -0.25) is 29.8 Å². The van der Waals surface area contributed by atoms with E-state index in [4.69, 9.17) is 5.11 Å². The van der Waals surface area contributed by atoms with Crippen molar-refractivity contribution >= 4 is 29.4 Å². The Bertz CT molecular complexity index is 735. The van der Waals surface area contributed by atoms with Gasteiger partial charge in [0.25, 0.3) is 11.4 Å². The molecule has 0 aliphatic rings. The van der Waals surface area contributed by atoms with Gasteiger partial charge in [0.1, 0.15) is 6.54 Å². The van der Waals surface area contributed by atoms with Crippen LogP contribution in [0.25, 0.3) is 0 Å². The first-order chi connectivity index (χ1) is 11.8. The Morgan fingerprint density at radius 1 is 1.00 bits per heavy atom. The van der Waals surface area contributed by atoms with Gasteiger partial charge in [-0.25, -0.2) is 0 Å². The smallest absolute Gasteiger partial charge is 0.323 e. The van der Waals surface area contributed by atoms with E-state index in [1.54, 1.807) is 30.3 Å². The lowest BCUT2D eigenvalue weighted by Gasteiger charge is -2.13. The Kier molecular flexibility index (Phi) is 7.19. The van der Waals surface area contributed by atoms with Crippen molar-refractivity contribution in [3.05, 3.63) is 74.8 Å². The summed E-state index contributed by atoms with van der Waals surface area (Å²) in [5.41, 5.74) is 0.0355. The van der Waals surface area contributed by atoms with Crippen molar-refractivity contribution in [3.63, 3.8) is 0 Å². The van der Waals surface area contributed by atoms with Gasteiger partial charge < -0.3 is 10.0 Å². The Labute approximate surface area is 141 Å². The Morgan fingerprint density at radius 3 is 1.92 bits per heavy atom. The van der Waals surface area contributed by atoms with Crippen LogP contribution in [0.15, 0.2) is 54.6 Å². The third kappa shape index (κ3) is 6.44. The highest BCUT2D eigenvalue weighted by Crippen LogP contribution is 2.18. The maximum atomic E-state index is 10.5. The highest BCUT2D eigenvalue weighted by molar-refractivity contribution is 5.84. The van der Waals surface area contributed by atoms with Crippen molar-refractivity contribution < 1.29 is 24.5 Å². The molecule has 0 aliphatic carbocycles. The molecule has 0 aliphatic heterocycles. The summed E-state index contributed by atoms with van der Waals surface area (Å²) in [6.45, 7) is -0.312.